The SMILES string of the molecule is N#Cc1cnc(=S)n(O)c1. The zero-order chi connectivity index (χ0) is 7.56. The van der Waals surface area contributed by atoms with E-state index in [2.05, 4.69) is 17.2 Å². The summed E-state index contributed by atoms with van der Waals surface area (Å²) in [4.78, 5) is 3.55. The molecule has 0 bridgehead atoms. The largest absolute Gasteiger partial charge is 0.426 e. The Kier molecular flexibility index (Phi) is 1.65. The van der Waals surface area contributed by atoms with Crippen LogP contribution in [0.1, 0.15) is 5.56 Å². The van der Waals surface area contributed by atoms with Gasteiger partial charge in [0.05, 0.1) is 11.8 Å². The Morgan fingerprint density at radius 3 is 3.00 bits per heavy atom. The maximum atomic E-state index is 8.83. The molecule has 50 valence electrons. The Balaban J connectivity index is 3.34. The third-order valence-corrected chi connectivity index (χ3v) is 1.19. The van der Waals surface area contributed by atoms with Gasteiger partial charge in [0.1, 0.15) is 6.07 Å². The van der Waals surface area contributed by atoms with Gasteiger partial charge < -0.3 is 5.21 Å². The molecule has 1 heterocycles. The van der Waals surface area contributed by atoms with Gasteiger partial charge in [-0.2, -0.15) is 9.99 Å². The second-order valence-corrected chi connectivity index (χ2v) is 1.95. The lowest BCUT2D eigenvalue weighted by Crippen LogP contribution is -1.96. The van der Waals surface area contributed by atoms with Crippen LogP contribution in [0.25, 0.3) is 0 Å². The van der Waals surface area contributed by atoms with Crippen LogP contribution < -0.4 is 0 Å². The fourth-order valence-corrected chi connectivity index (χ4v) is 0.567. The maximum Gasteiger partial charge on any atom is 0.233 e. The van der Waals surface area contributed by atoms with Crippen LogP contribution >= 0.6 is 12.2 Å². The lowest BCUT2D eigenvalue weighted by molar-refractivity contribution is 0.176. The monoisotopic (exact) mass is 153 g/mol. The van der Waals surface area contributed by atoms with E-state index in [0.717, 1.165) is 0 Å². The predicted molar refractivity (Wildman–Crippen MR) is 35.0 cm³/mol. The number of hydrogen-bond acceptors (Lipinski definition) is 4. The van der Waals surface area contributed by atoms with Gasteiger partial charge in [-0.3, -0.25) is 0 Å². The van der Waals surface area contributed by atoms with Crippen molar-refractivity contribution < 1.29 is 5.21 Å². The van der Waals surface area contributed by atoms with E-state index < -0.39 is 0 Å². The van der Waals surface area contributed by atoms with Crippen molar-refractivity contribution in [1.82, 2.24) is 9.71 Å². The van der Waals surface area contributed by atoms with Gasteiger partial charge in [-0.1, -0.05) is 0 Å². The molecule has 0 aliphatic heterocycles. The Bertz CT molecular complexity index is 337. The molecule has 0 unspecified atom stereocenters. The van der Waals surface area contributed by atoms with E-state index in [-0.39, 0.29) is 10.3 Å². The van der Waals surface area contributed by atoms with E-state index in [9.17, 15) is 0 Å². The van der Waals surface area contributed by atoms with Crippen molar-refractivity contribution in [2.45, 2.75) is 0 Å². The zero-order valence-corrected chi connectivity index (χ0v) is 5.67. The fourth-order valence-electron chi connectivity index (χ4n) is 0.462. The summed E-state index contributed by atoms with van der Waals surface area (Å²) in [6.45, 7) is 0. The molecule has 10 heavy (non-hydrogen) atoms. The maximum absolute atomic E-state index is 8.83. The minimum atomic E-state index is 0.0407. The van der Waals surface area contributed by atoms with Crippen LogP contribution in [0, 0.1) is 16.1 Å². The van der Waals surface area contributed by atoms with E-state index in [1.54, 1.807) is 6.07 Å². The summed E-state index contributed by atoms with van der Waals surface area (Å²) in [6, 6.07) is 1.81. The molecule has 0 aromatic carbocycles. The van der Waals surface area contributed by atoms with Crippen LogP contribution in [0.3, 0.4) is 0 Å². The fraction of sp³-hybridized carbons (Fsp3) is 0. The molecule has 0 saturated carbocycles. The Morgan fingerprint density at radius 1 is 1.80 bits per heavy atom. The molecule has 0 atom stereocenters. The molecule has 5 heteroatoms. The van der Waals surface area contributed by atoms with E-state index in [0.29, 0.717) is 4.73 Å². The van der Waals surface area contributed by atoms with Crippen molar-refractivity contribution >= 4 is 12.2 Å². The third-order valence-electron chi connectivity index (χ3n) is 0.901. The quantitative estimate of drug-likeness (QED) is 0.440. The minimum Gasteiger partial charge on any atom is -0.426 e. The van der Waals surface area contributed by atoms with Crippen LogP contribution in [0.4, 0.5) is 0 Å². The van der Waals surface area contributed by atoms with E-state index in [1.807, 2.05) is 0 Å². The third kappa shape index (κ3) is 1.11. The lowest BCUT2D eigenvalue weighted by atomic mass is 10.4. The Labute approximate surface area is 61.9 Å². The highest BCUT2D eigenvalue weighted by atomic mass is 32.1. The Hall–Kier alpha value is -1.41. The van der Waals surface area contributed by atoms with Crippen molar-refractivity contribution in [3.8, 4) is 6.07 Å². The normalized spacial score (nSPS) is 8.70. The molecule has 0 spiro atoms. The molecule has 0 fully saturated rings. The highest BCUT2D eigenvalue weighted by Crippen LogP contribution is 1.92. The molecule has 0 saturated heterocycles. The molecule has 0 aliphatic rings. The summed E-state index contributed by atoms with van der Waals surface area (Å²) in [7, 11) is 0. The summed E-state index contributed by atoms with van der Waals surface area (Å²) in [5, 5.41) is 17.1. The first-order chi connectivity index (χ1) is 4.74. The van der Waals surface area contributed by atoms with Gasteiger partial charge in [0, 0.05) is 6.20 Å². The first-order valence-electron chi connectivity index (χ1n) is 2.42. The molecule has 1 aromatic rings. The summed E-state index contributed by atoms with van der Waals surface area (Å²) in [5.74, 6) is 0. The van der Waals surface area contributed by atoms with E-state index in [4.69, 9.17) is 10.5 Å². The van der Waals surface area contributed by atoms with Gasteiger partial charge in [-0.05, 0) is 12.2 Å². The number of nitriles is 1. The molecule has 1 N–H and O–H groups in total. The standard InChI is InChI=1S/C5H3N3OS/c6-1-4-2-7-5(10)8(9)3-4/h2-3,9H. The smallest absolute Gasteiger partial charge is 0.233 e. The predicted octanol–water partition coefficient (Wildman–Crippen LogP) is 0.722. The average Bonchev–Trinajstić information content (AvgIpc) is 1.95. The van der Waals surface area contributed by atoms with Gasteiger partial charge in [0.2, 0.25) is 4.77 Å². The second-order valence-electron chi connectivity index (χ2n) is 1.58. The van der Waals surface area contributed by atoms with Crippen molar-refractivity contribution in [2.75, 3.05) is 0 Å². The van der Waals surface area contributed by atoms with Gasteiger partial charge in [0.15, 0.2) is 0 Å². The topological polar surface area (TPSA) is 61.8 Å². The minimum absolute atomic E-state index is 0.0407. The zero-order valence-electron chi connectivity index (χ0n) is 4.85. The van der Waals surface area contributed by atoms with Crippen LogP contribution in [0.2, 0.25) is 0 Å². The summed E-state index contributed by atoms with van der Waals surface area (Å²) >= 11 is 4.55. The van der Waals surface area contributed by atoms with Gasteiger partial charge in [0.25, 0.3) is 0 Å². The molecule has 1 rings (SSSR count). The average molecular weight is 153 g/mol. The van der Waals surface area contributed by atoms with Crippen LogP contribution in [0.5, 0.6) is 0 Å². The first kappa shape index (κ1) is 6.71. The van der Waals surface area contributed by atoms with Crippen LogP contribution in [0.15, 0.2) is 12.4 Å². The summed E-state index contributed by atoms with van der Waals surface area (Å²) < 4.78 is 0.674. The number of rotatable bonds is 0. The number of nitrogens with zero attached hydrogens (tertiary/aromatic N) is 3. The van der Waals surface area contributed by atoms with Crippen molar-refractivity contribution in [2.24, 2.45) is 0 Å². The highest BCUT2D eigenvalue weighted by Gasteiger charge is 1.91. The van der Waals surface area contributed by atoms with Crippen molar-refractivity contribution in [3.05, 3.63) is 22.7 Å². The second kappa shape index (κ2) is 2.45. The summed E-state index contributed by atoms with van der Waals surface area (Å²) in [5.41, 5.74) is 0.274. The van der Waals surface area contributed by atoms with Crippen LogP contribution in [-0.4, -0.2) is 14.9 Å². The van der Waals surface area contributed by atoms with E-state index in [1.165, 1.54) is 12.4 Å². The molecule has 1 aromatic heterocycles. The number of hydrogen-bond donors (Lipinski definition) is 1. The van der Waals surface area contributed by atoms with E-state index >= 15 is 0 Å². The summed E-state index contributed by atoms with van der Waals surface area (Å²) in [6.07, 6.45) is 2.50. The number of aromatic nitrogens is 2. The molecule has 0 aliphatic carbocycles. The first-order valence-corrected chi connectivity index (χ1v) is 2.83. The Morgan fingerprint density at radius 2 is 2.50 bits per heavy atom. The van der Waals surface area contributed by atoms with Crippen molar-refractivity contribution in [1.29, 1.82) is 5.26 Å². The van der Waals surface area contributed by atoms with Gasteiger partial charge in [-0.15, -0.1) is 0 Å². The van der Waals surface area contributed by atoms with Crippen LogP contribution in [-0.2, 0) is 0 Å². The van der Waals surface area contributed by atoms with Crippen molar-refractivity contribution in [3.63, 3.8) is 0 Å². The molecule has 4 nitrogen and oxygen atoms in total. The van der Waals surface area contributed by atoms with Gasteiger partial charge in [-0.25, -0.2) is 4.98 Å². The lowest BCUT2D eigenvalue weighted by Gasteiger charge is -1.93. The molecule has 0 radical (unpaired) electrons. The highest BCUT2D eigenvalue weighted by molar-refractivity contribution is 7.71. The molecular formula is C5H3N3OS. The molecular weight excluding hydrogens is 150 g/mol. The molecule has 0 amide bonds. The van der Waals surface area contributed by atoms with Gasteiger partial charge >= 0.3 is 0 Å².